The number of hydrogen-bond donors (Lipinski definition) is 1. The maximum Gasteiger partial charge on any atom is 0.573 e. The lowest BCUT2D eigenvalue weighted by Crippen LogP contribution is -2.18. The summed E-state index contributed by atoms with van der Waals surface area (Å²) < 4.78 is 41.6. The smallest absolute Gasteiger partial charge is 0.404 e. The Morgan fingerprint density at radius 2 is 2.05 bits per heavy atom. The number of aromatic nitrogens is 1. The van der Waals surface area contributed by atoms with Crippen molar-refractivity contribution in [3.63, 3.8) is 0 Å². The van der Waals surface area contributed by atoms with E-state index in [2.05, 4.69) is 31.0 Å². The molecular weight excluding hydrogens is 373 g/mol. The van der Waals surface area contributed by atoms with Crippen molar-refractivity contribution < 1.29 is 17.9 Å². The van der Waals surface area contributed by atoms with Crippen LogP contribution in [0.5, 0.6) is 5.75 Å². The summed E-state index contributed by atoms with van der Waals surface area (Å²) in [5.41, 5.74) is 0.927. The molecule has 8 heteroatoms. The Balaban J connectivity index is 2.18. The van der Waals surface area contributed by atoms with Gasteiger partial charge in [-0.25, -0.2) is 0 Å². The van der Waals surface area contributed by atoms with Crippen molar-refractivity contribution in [2.75, 3.05) is 5.32 Å². The molecule has 2 aromatic rings. The van der Waals surface area contributed by atoms with Crippen LogP contribution in [0.1, 0.15) is 5.56 Å². The van der Waals surface area contributed by atoms with E-state index in [9.17, 15) is 13.2 Å². The fraction of sp³-hybridized carbons (Fsp3) is 0.154. The van der Waals surface area contributed by atoms with Gasteiger partial charge >= 0.3 is 6.36 Å². The molecule has 3 nitrogen and oxygen atoms in total. The van der Waals surface area contributed by atoms with Gasteiger partial charge in [-0.05, 0) is 29.8 Å². The average Bonchev–Trinajstić information content (AvgIpc) is 2.38. The van der Waals surface area contributed by atoms with Gasteiger partial charge in [0.2, 0.25) is 0 Å². The van der Waals surface area contributed by atoms with Crippen LogP contribution in [0.25, 0.3) is 0 Å². The first-order valence-electron chi connectivity index (χ1n) is 5.73. The molecule has 0 fully saturated rings. The van der Waals surface area contributed by atoms with E-state index in [-0.39, 0.29) is 18.0 Å². The fourth-order valence-electron chi connectivity index (χ4n) is 1.59. The van der Waals surface area contributed by atoms with Crippen molar-refractivity contribution in [3.8, 4) is 5.75 Å². The highest BCUT2D eigenvalue weighted by Crippen LogP contribution is 2.33. The molecule has 0 aliphatic rings. The Bertz CT molecular complexity index is 637. The molecule has 0 unspecified atom stereocenters. The van der Waals surface area contributed by atoms with Gasteiger partial charge in [0.1, 0.15) is 0 Å². The molecule has 0 saturated heterocycles. The number of pyridine rings is 1. The van der Waals surface area contributed by atoms with Crippen LogP contribution >= 0.6 is 27.5 Å². The van der Waals surface area contributed by atoms with Crippen LogP contribution in [0.2, 0.25) is 5.02 Å². The number of hydrogen-bond acceptors (Lipinski definition) is 3. The lowest BCUT2D eigenvalue weighted by molar-refractivity contribution is -0.274. The maximum atomic E-state index is 12.4. The number of nitrogens with zero attached hydrogens (tertiary/aromatic N) is 1. The Morgan fingerprint density at radius 1 is 1.29 bits per heavy atom. The first-order valence-corrected chi connectivity index (χ1v) is 6.90. The lowest BCUT2D eigenvalue weighted by atomic mass is 10.2. The van der Waals surface area contributed by atoms with Gasteiger partial charge in [0.05, 0.1) is 10.7 Å². The van der Waals surface area contributed by atoms with Crippen LogP contribution in [0.15, 0.2) is 41.1 Å². The van der Waals surface area contributed by atoms with E-state index in [0.29, 0.717) is 15.1 Å². The fourth-order valence-corrected chi connectivity index (χ4v) is 2.12. The third kappa shape index (κ3) is 4.78. The number of alkyl halides is 3. The Hall–Kier alpha value is -1.47. The molecule has 0 radical (unpaired) electrons. The number of halogens is 5. The minimum absolute atomic E-state index is 0.211. The quantitative estimate of drug-likeness (QED) is 0.808. The highest BCUT2D eigenvalue weighted by molar-refractivity contribution is 9.10. The van der Waals surface area contributed by atoms with Crippen LogP contribution in [0.4, 0.5) is 18.9 Å². The second-order valence-electron chi connectivity index (χ2n) is 4.01. The van der Waals surface area contributed by atoms with E-state index in [4.69, 9.17) is 11.6 Å². The summed E-state index contributed by atoms with van der Waals surface area (Å²) in [6.07, 6.45) is -1.74. The highest BCUT2D eigenvalue weighted by atomic mass is 79.9. The van der Waals surface area contributed by atoms with Crippen LogP contribution in [-0.2, 0) is 6.54 Å². The second kappa shape index (κ2) is 6.53. The van der Waals surface area contributed by atoms with Crippen molar-refractivity contribution in [3.05, 3.63) is 51.7 Å². The van der Waals surface area contributed by atoms with Crippen LogP contribution in [0.3, 0.4) is 0 Å². The minimum atomic E-state index is -4.76. The molecular formula is C13H9BrClF3N2O. The van der Waals surface area contributed by atoms with Crippen LogP contribution in [0, 0.1) is 0 Å². The van der Waals surface area contributed by atoms with Crippen LogP contribution < -0.4 is 10.1 Å². The van der Waals surface area contributed by atoms with Gasteiger partial charge < -0.3 is 10.1 Å². The molecule has 2 rings (SSSR count). The SMILES string of the molecule is FC(F)(F)Oc1cc(Br)ccc1NCc1ccncc1Cl. The zero-order valence-corrected chi connectivity index (χ0v) is 12.8. The summed E-state index contributed by atoms with van der Waals surface area (Å²) in [6.45, 7) is 0.247. The monoisotopic (exact) mass is 380 g/mol. The van der Waals surface area contributed by atoms with Gasteiger partial charge in [-0.2, -0.15) is 0 Å². The zero-order chi connectivity index (χ0) is 15.5. The van der Waals surface area contributed by atoms with Crippen molar-refractivity contribution in [1.82, 2.24) is 4.98 Å². The number of nitrogens with one attached hydrogen (secondary N) is 1. The first kappa shape index (κ1) is 15.9. The third-order valence-electron chi connectivity index (χ3n) is 2.50. The molecule has 21 heavy (non-hydrogen) atoms. The number of ether oxygens (including phenoxy) is 1. The molecule has 112 valence electrons. The minimum Gasteiger partial charge on any atom is -0.404 e. The molecule has 0 bridgehead atoms. The third-order valence-corrected chi connectivity index (χ3v) is 3.33. The molecule has 1 N–H and O–H groups in total. The van der Waals surface area contributed by atoms with Gasteiger partial charge in [0, 0.05) is 23.4 Å². The Labute approximate surface area is 132 Å². The van der Waals surface area contributed by atoms with Crippen LogP contribution in [-0.4, -0.2) is 11.3 Å². The van der Waals surface area contributed by atoms with Gasteiger partial charge in [0.25, 0.3) is 0 Å². The number of rotatable bonds is 4. The van der Waals surface area contributed by atoms with E-state index in [1.54, 1.807) is 18.3 Å². The Kier molecular flexibility index (Phi) is 4.95. The number of anilines is 1. The number of benzene rings is 1. The lowest BCUT2D eigenvalue weighted by Gasteiger charge is -2.15. The molecule has 0 saturated carbocycles. The van der Waals surface area contributed by atoms with Gasteiger partial charge in [0.15, 0.2) is 5.75 Å². The summed E-state index contributed by atoms with van der Waals surface area (Å²) in [5.74, 6) is -0.318. The van der Waals surface area contributed by atoms with E-state index < -0.39 is 6.36 Å². The van der Waals surface area contributed by atoms with E-state index in [0.717, 1.165) is 0 Å². The molecule has 0 atom stereocenters. The van der Waals surface area contributed by atoms with Gasteiger partial charge in [-0.3, -0.25) is 4.98 Å². The molecule has 0 aliphatic carbocycles. The van der Waals surface area contributed by atoms with Gasteiger partial charge in [-0.1, -0.05) is 27.5 Å². The van der Waals surface area contributed by atoms with Gasteiger partial charge in [-0.15, -0.1) is 13.2 Å². The Morgan fingerprint density at radius 3 is 2.71 bits per heavy atom. The normalized spacial score (nSPS) is 11.3. The molecule has 0 spiro atoms. The molecule has 0 amide bonds. The van der Waals surface area contributed by atoms with E-state index in [1.165, 1.54) is 18.3 Å². The van der Waals surface area contributed by atoms with Crippen molar-refractivity contribution in [2.45, 2.75) is 12.9 Å². The molecule has 1 aromatic carbocycles. The summed E-state index contributed by atoms with van der Waals surface area (Å²) in [4.78, 5) is 3.84. The highest BCUT2D eigenvalue weighted by Gasteiger charge is 2.32. The summed E-state index contributed by atoms with van der Waals surface area (Å²) >= 11 is 9.05. The van der Waals surface area contributed by atoms with Crippen molar-refractivity contribution in [2.24, 2.45) is 0 Å². The average molecular weight is 382 g/mol. The predicted molar refractivity (Wildman–Crippen MR) is 77.4 cm³/mol. The largest absolute Gasteiger partial charge is 0.573 e. The molecule has 1 heterocycles. The topological polar surface area (TPSA) is 34.1 Å². The summed E-state index contributed by atoms with van der Waals surface area (Å²) in [7, 11) is 0. The first-order chi connectivity index (χ1) is 9.85. The zero-order valence-electron chi connectivity index (χ0n) is 10.4. The predicted octanol–water partition coefficient (Wildman–Crippen LogP) is 5.01. The molecule has 0 aliphatic heterocycles. The van der Waals surface area contributed by atoms with E-state index in [1.807, 2.05) is 0 Å². The van der Waals surface area contributed by atoms with E-state index >= 15 is 0 Å². The van der Waals surface area contributed by atoms with Crippen molar-refractivity contribution >= 4 is 33.2 Å². The standard InChI is InChI=1S/C13H9BrClF3N2O/c14-9-1-2-11(12(5-9)21-13(16,17)18)20-6-8-3-4-19-7-10(8)15/h1-5,7,20H,6H2. The second-order valence-corrected chi connectivity index (χ2v) is 5.33. The van der Waals surface area contributed by atoms with Crippen molar-refractivity contribution in [1.29, 1.82) is 0 Å². The maximum absolute atomic E-state index is 12.4. The summed E-state index contributed by atoms with van der Waals surface area (Å²) in [5, 5.41) is 3.29. The summed E-state index contributed by atoms with van der Waals surface area (Å²) in [6, 6.07) is 6.02. The molecule has 1 aromatic heterocycles.